The van der Waals surface area contributed by atoms with Crippen molar-refractivity contribution in [2.75, 3.05) is 0 Å². The minimum atomic E-state index is -0.175. The zero-order chi connectivity index (χ0) is 50.7. The summed E-state index contributed by atoms with van der Waals surface area (Å²) in [6.45, 7) is 4.89. The number of benzene rings is 11. The lowest BCUT2D eigenvalue weighted by Crippen LogP contribution is -2.48. The molecule has 11 aromatic rings. The Kier molecular flexibility index (Phi) is 10.1. The molecule has 0 spiro atoms. The van der Waals surface area contributed by atoms with Crippen molar-refractivity contribution in [3.63, 3.8) is 0 Å². The number of rotatable bonds is 3. The monoisotopic (exact) mass is 887 g/mol. The molecule has 0 nitrogen and oxygen atoms in total. The van der Waals surface area contributed by atoms with Crippen LogP contribution in [-0.2, 0) is 5.41 Å². The van der Waals surface area contributed by atoms with Gasteiger partial charge in [0.05, 0.1) is 0 Å². The van der Waals surface area contributed by atoms with E-state index in [9.17, 15) is 0 Å². The highest BCUT2D eigenvalue weighted by Crippen LogP contribution is 2.51. The van der Waals surface area contributed by atoms with Crippen molar-refractivity contribution in [1.29, 1.82) is 0 Å². The average molecular weight is 884 g/mol. The third-order valence-corrected chi connectivity index (χ3v) is 20.1. The number of fused-ring (bicyclic) bond motifs is 3. The van der Waals surface area contributed by atoms with E-state index in [4.69, 9.17) is 0 Å². The molecule has 71 heavy (non-hydrogen) atoms. The molecule has 12 rings (SSSR count). The van der Waals surface area contributed by atoms with Gasteiger partial charge in [-0.15, -0.1) is 10.9 Å². The summed E-state index contributed by atoms with van der Waals surface area (Å²) in [6.07, 6.45) is 0. The zero-order valence-electron chi connectivity index (χ0n) is 46.3. The molecule has 0 heterocycles. The Morgan fingerprint density at radius 1 is 0.225 bits per heavy atom. The Morgan fingerprint density at radius 3 is 0.831 bits per heavy atom. The van der Waals surface area contributed by atoms with Crippen LogP contribution in [0.4, 0.5) is 0 Å². The average Bonchev–Trinajstić information content (AvgIpc) is 3.57. The summed E-state index contributed by atoms with van der Waals surface area (Å²) in [4.78, 5) is 0. The van der Waals surface area contributed by atoms with E-state index >= 15 is 0 Å². The van der Waals surface area contributed by atoms with Crippen LogP contribution in [0.5, 0.6) is 0 Å². The Bertz CT molecular complexity index is 4280. The van der Waals surface area contributed by atoms with Crippen LogP contribution in [0.2, 0.25) is 0 Å². The quantitative estimate of drug-likeness (QED) is 0.122. The fraction of sp³-hybridized carbons (Fsp3) is 0.0566. The van der Waals surface area contributed by atoms with Crippen LogP contribution in [-0.4, -0.2) is 141 Å². The Morgan fingerprint density at radius 2 is 0.465 bits per heavy atom. The van der Waals surface area contributed by atoms with Crippen LogP contribution < -0.4 is 98.3 Å². The fourth-order valence-corrected chi connectivity index (χ4v) is 15.0. The van der Waals surface area contributed by atoms with Crippen molar-refractivity contribution in [3.8, 4) is 44.5 Å². The van der Waals surface area contributed by atoms with Crippen LogP contribution in [0, 0.1) is 0 Å². The molecule has 0 unspecified atom stereocenters. The van der Waals surface area contributed by atoms with Gasteiger partial charge >= 0.3 is 0 Å². The number of hydrogen-bond acceptors (Lipinski definition) is 0. The standard InChI is InChI=1S/C53H52B18/c1-53(2)19-11-15(13-3-5-14(6-4-13)21-27-23-25-31(41(60)37(27)56)47(66)51(70)49(68)33(25)45(64)43(62)29(23)39(58)35(21)54)7-9-17(19)18-10-8-16(12-20(18)53)22-28-24-26-32(42(61)38(28)57)48(67)52(71)50(69)34(26)46(65)44(63)30(24)40(59)36(22)55/h3-12H,54-71H2,1-2H3. The van der Waals surface area contributed by atoms with Crippen LogP contribution in [0.3, 0.4) is 0 Å². The summed E-state index contributed by atoms with van der Waals surface area (Å²) >= 11 is 0. The molecule has 0 aromatic heterocycles. The lowest BCUT2D eigenvalue weighted by Gasteiger charge is -2.29. The molecule has 1 aliphatic carbocycles. The van der Waals surface area contributed by atoms with E-state index in [1.54, 1.807) is 0 Å². The van der Waals surface area contributed by atoms with E-state index in [-0.39, 0.29) is 5.41 Å². The van der Waals surface area contributed by atoms with Crippen molar-refractivity contribution in [2.24, 2.45) is 0 Å². The molecule has 0 saturated carbocycles. The predicted molar refractivity (Wildman–Crippen MR) is 375 cm³/mol. The van der Waals surface area contributed by atoms with Crippen molar-refractivity contribution in [3.05, 3.63) is 71.8 Å². The highest BCUT2D eigenvalue weighted by Gasteiger charge is 2.37. The van der Waals surface area contributed by atoms with Gasteiger partial charge in [0, 0.05) is 5.41 Å². The molecule has 0 N–H and O–H groups in total. The van der Waals surface area contributed by atoms with Crippen LogP contribution in [0.15, 0.2) is 60.7 Å². The molecule has 1 aliphatic rings. The smallest absolute Gasteiger partial charge is 0.100 e. The molecule has 0 aliphatic heterocycles. The molecule has 0 atom stereocenters. The zero-order valence-corrected chi connectivity index (χ0v) is 46.3. The third kappa shape index (κ3) is 5.72. The molecular weight excluding hydrogens is 831 g/mol. The summed E-state index contributed by atoms with van der Waals surface area (Å²) in [5.41, 5.74) is 38.8. The molecule has 11 aromatic carbocycles. The van der Waals surface area contributed by atoms with Crippen LogP contribution >= 0.6 is 0 Å². The summed E-state index contributed by atoms with van der Waals surface area (Å²) in [6, 6.07) is 24.2. The Hall–Kier alpha value is -5.33. The lowest BCUT2D eigenvalue weighted by molar-refractivity contribution is 0.661. The maximum atomic E-state index is 2.56. The third-order valence-electron chi connectivity index (χ3n) is 20.1. The minimum absolute atomic E-state index is 0.175. The van der Waals surface area contributed by atoms with Gasteiger partial charge < -0.3 is 0 Å². The highest BCUT2D eigenvalue weighted by atomic mass is 14.4. The van der Waals surface area contributed by atoms with Crippen molar-refractivity contribution >= 4 is 304 Å². The van der Waals surface area contributed by atoms with Gasteiger partial charge in [0.15, 0.2) is 0 Å². The molecule has 0 saturated heterocycles. The van der Waals surface area contributed by atoms with Crippen LogP contribution in [0.25, 0.3) is 109 Å². The summed E-state index contributed by atoms with van der Waals surface area (Å²) in [7, 11) is 42.5. The minimum Gasteiger partial charge on any atom is -0.100 e. The molecular formula is C53H52B18. The Balaban J connectivity index is 0.989. The normalized spacial score (nSPS) is 13.2. The van der Waals surface area contributed by atoms with Gasteiger partial charge in [0.25, 0.3) is 0 Å². The topological polar surface area (TPSA) is 0 Å². The van der Waals surface area contributed by atoms with E-state index in [0.717, 1.165) is 0 Å². The van der Waals surface area contributed by atoms with Gasteiger partial charge in [0.1, 0.15) is 141 Å². The fourth-order valence-electron chi connectivity index (χ4n) is 15.0. The molecule has 0 amide bonds. The second-order valence-corrected chi connectivity index (χ2v) is 23.2. The highest BCUT2D eigenvalue weighted by molar-refractivity contribution is 6.77. The first-order valence-corrected chi connectivity index (χ1v) is 26.3. The molecule has 18 heteroatoms. The SMILES string of the molecule is Bc1c(B)c2c(B)c(B)c3c(B)c(B)c(-c4ccc(-c5ccc6c(c5)C(C)(C)c5cc(-c7c(B)c(B)c8c(B)c(B)c9c(B)c(B)c(B)c%10c(B)c(B)c7c8c9%10)ccc5-6)cc4)c4c(B)c(B)c(c1B)c2c34. The lowest BCUT2D eigenvalue weighted by atomic mass is 9.58. The maximum absolute atomic E-state index is 2.56. The number of hydrogen-bond donors (Lipinski definition) is 0. The van der Waals surface area contributed by atoms with Gasteiger partial charge in [-0.1, -0.05) is 150 Å². The second kappa shape index (κ2) is 15.4. The Labute approximate surface area is 437 Å². The van der Waals surface area contributed by atoms with Crippen LogP contribution in [0.1, 0.15) is 25.0 Å². The van der Waals surface area contributed by atoms with E-state index in [2.05, 4.69) is 216 Å². The molecule has 0 radical (unpaired) electrons. The van der Waals surface area contributed by atoms with Gasteiger partial charge in [-0.25, -0.2) is 0 Å². The van der Waals surface area contributed by atoms with Crippen molar-refractivity contribution in [2.45, 2.75) is 19.3 Å². The summed E-state index contributed by atoms with van der Waals surface area (Å²) in [5, 5.41) is 17.4. The van der Waals surface area contributed by atoms with Gasteiger partial charge in [-0.2, -0.15) is 0 Å². The molecule has 0 bridgehead atoms. The predicted octanol–water partition coefficient (Wildman–Crippen LogP) is -16.6. The van der Waals surface area contributed by atoms with E-state index in [1.807, 2.05) is 0 Å². The summed E-state index contributed by atoms with van der Waals surface area (Å²) < 4.78 is 0. The summed E-state index contributed by atoms with van der Waals surface area (Å²) in [5.74, 6) is 0. The van der Waals surface area contributed by atoms with Crippen molar-refractivity contribution < 1.29 is 0 Å². The second-order valence-electron chi connectivity index (χ2n) is 23.2. The van der Waals surface area contributed by atoms with Gasteiger partial charge in [-0.05, 0) is 132 Å². The van der Waals surface area contributed by atoms with Gasteiger partial charge in [0.2, 0.25) is 0 Å². The first-order chi connectivity index (χ1) is 33.5. The molecule has 318 valence electrons. The van der Waals surface area contributed by atoms with E-state index in [1.165, 1.54) is 219 Å². The first kappa shape index (κ1) is 46.7. The van der Waals surface area contributed by atoms with E-state index in [0.29, 0.717) is 0 Å². The maximum Gasteiger partial charge on any atom is 0.139 e. The largest absolute Gasteiger partial charge is 0.139 e. The first-order valence-electron chi connectivity index (χ1n) is 26.3. The van der Waals surface area contributed by atoms with Gasteiger partial charge in [-0.3, -0.25) is 0 Å². The molecule has 0 fully saturated rings. The van der Waals surface area contributed by atoms with E-state index < -0.39 is 0 Å². The van der Waals surface area contributed by atoms with Crippen molar-refractivity contribution in [1.82, 2.24) is 0 Å².